The minimum absolute atomic E-state index is 0.240. The van der Waals surface area contributed by atoms with E-state index >= 15 is 0 Å². The summed E-state index contributed by atoms with van der Waals surface area (Å²) < 4.78 is 2.21. The summed E-state index contributed by atoms with van der Waals surface area (Å²) in [5.41, 5.74) is 1.95. The topological polar surface area (TPSA) is 66.3 Å². The van der Waals surface area contributed by atoms with Crippen LogP contribution in [0.4, 0.5) is 10.5 Å². The monoisotopic (exact) mass is 303 g/mol. The van der Waals surface area contributed by atoms with Crippen LogP contribution < -0.4 is 10.6 Å². The molecule has 0 aliphatic heterocycles. The molecule has 1 aromatic heterocycles. The zero-order chi connectivity index (χ0) is 15.9. The number of hydrogen-bond donors (Lipinski definition) is 3. The maximum Gasteiger partial charge on any atom is 0.319 e. The summed E-state index contributed by atoms with van der Waals surface area (Å²) in [6.07, 6.45) is 4.09. The number of aryl methyl sites for hydroxylation is 1. The molecule has 0 fully saturated rings. The molecular weight excluding hydrogens is 278 g/mol. The van der Waals surface area contributed by atoms with Gasteiger partial charge in [0.15, 0.2) is 0 Å². The van der Waals surface area contributed by atoms with Gasteiger partial charge >= 0.3 is 6.03 Å². The number of benzene rings is 1. The number of nitrogens with one attached hydrogen (secondary N) is 2. The van der Waals surface area contributed by atoms with E-state index in [9.17, 15) is 9.90 Å². The number of fused-ring (bicyclic) bond motifs is 1. The normalized spacial score (nSPS) is 12.3. The Kier molecular flexibility index (Phi) is 5.83. The molecule has 2 amide bonds. The molecule has 22 heavy (non-hydrogen) atoms. The van der Waals surface area contributed by atoms with Crippen LogP contribution in [-0.4, -0.2) is 28.4 Å². The fourth-order valence-corrected chi connectivity index (χ4v) is 2.45. The first kappa shape index (κ1) is 16.4. The Hall–Kier alpha value is -2.01. The maximum absolute atomic E-state index is 11.8. The van der Waals surface area contributed by atoms with Crippen LogP contribution in [0.25, 0.3) is 10.9 Å². The van der Waals surface area contributed by atoms with Crippen molar-refractivity contribution in [3.05, 3.63) is 30.5 Å². The molecule has 5 nitrogen and oxygen atoms in total. The van der Waals surface area contributed by atoms with Gasteiger partial charge in [0.2, 0.25) is 0 Å². The smallest absolute Gasteiger partial charge is 0.319 e. The molecule has 0 saturated carbocycles. The highest BCUT2D eigenvalue weighted by Crippen LogP contribution is 2.20. The molecule has 1 heterocycles. The third-order valence-corrected chi connectivity index (χ3v) is 3.73. The summed E-state index contributed by atoms with van der Waals surface area (Å²) in [6.45, 7) is 5.54. The molecule has 0 bridgehead atoms. The number of aromatic nitrogens is 1. The van der Waals surface area contributed by atoms with E-state index in [4.69, 9.17) is 0 Å². The van der Waals surface area contributed by atoms with Gasteiger partial charge in [-0.05, 0) is 43.5 Å². The first-order chi connectivity index (χ1) is 10.6. The number of amides is 2. The Morgan fingerprint density at radius 1 is 1.32 bits per heavy atom. The van der Waals surface area contributed by atoms with Crippen LogP contribution in [0.2, 0.25) is 0 Å². The third-order valence-electron chi connectivity index (χ3n) is 3.73. The van der Waals surface area contributed by atoms with Gasteiger partial charge in [0, 0.05) is 35.9 Å². The van der Waals surface area contributed by atoms with Gasteiger partial charge in [0.25, 0.3) is 0 Å². The molecule has 1 unspecified atom stereocenters. The minimum Gasteiger partial charge on any atom is -0.393 e. The second kappa shape index (κ2) is 7.84. The number of aliphatic hydroxyl groups is 1. The van der Waals surface area contributed by atoms with Crippen molar-refractivity contribution in [2.45, 2.75) is 45.8 Å². The molecule has 0 saturated heterocycles. The molecule has 0 aliphatic rings. The first-order valence-corrected chi connectivity index (χ1v) is 7.95. The second-order valence-electron chi connectivity index (χ2n) is 5.51. The summed E-state index contributed by atoms with van der Waals surface area (Å²) in [6, 6.07) is 7.74. The largest absolute Gasteiger partial charge is 0.393 e. The Balaban J connectivity index is 1.92. The van der Waals surface area contributed by atoms with E-state index in [1.165, 1.54) is 5.52 Å². The van der Waals surface area contributed by atoms with Gasteiger partial charge in [0.05, 0.1) is 6.10 Å². The van der Waals surface area contributed by atoms with Gasteiger partial charge in [-0.3, -0.25) is 0 Å². The number of rotatable bonds is 7. The number of urea groups is 1. The van der Waals surface area contributed by atoms with Crippen molar-refractivity contribution in [1.82, 2.24) is 9.88 Å². The van der Waals surface area contributed by atoms with Crippen molar-refractivity contribution in [3.8, 4) is 0 Å². The SMILES string of the molecule is CCCn1ccc2cc(NC(=O)NCCC(O)CC)ccc21. The molecule has 2 aromatic rings. The number of nitrogens with zero attached hydrogens (tertiary/aromatic N) is 1. The molecule has 0 spiro atoms. The average molecular weight is 303 g/mol. The summed E-state index contributed by atoms with van der Waals surface area (Å²) in [7, 11) is 0. The summed E-state index contributed by atoms with van der Waals surface area (Å²) in [5.74, 6) is 0. The van der Waals surface area contributed by atoms with Crippen LogP contribution in [0, 0.1) is 0 Å². The maximum atomic E-state index is 11.8. The molecular formula is C17H25N3O2. The van der Waals surface area contributed by atoms with Gasteiger partial charge < -0.3 is 20.3 Å². The minimum atomic E-state index is -0.352. The molecule has 3 N–H and O–H groups in total. The number of hydrogen-bond acceptors (Lipinski definition) is 2. The standard InChI is InChI=1S/C17H25N3O2/c1-3-10-20-11-8-13-12-14(5-6-16(13)20)19-17(22)18-9-7-15(21)4-2/h5-6,8,11-12,15,21H,3-4,7,9-10H2,1-2H3,(H2,18,19,22). The zero-order valence-electron chi connectivity index (χ0n) is 13.3. The number of aliphatic hydroxyl groups excluding tert-OH is 1. The molecule has 0 aliphatic carbocycles. The first-order valence-electron chi connectivity index (χ1n) is 7.95. The highest BCUT2D eigenvalue weighted by atomic mass is 16.3. The highest BCUT2D eigenvalue weighted by molar-refractivity contribution is 5.92. The molecule has 120 valence electrons. The predicted molar refractivity (Wildman–Crippen MR) is 90.2 cm³/mol. The lowest BCUT2D eigenvalue weighted by molar-refractivity contribution is 0.160. The molecule has 1 atom stereocenters. The molecule has 5 heteroatoms. The lowest BCUT2D eigenvalue weighted by atomic mass is 10.2. The Morgan fingerprint density at radius 3 is 2.86 bits per heavy atom. The van der Waals surface area contributed by atoms with Crippen LogP contribution in [0.1, 0.15) is 33.1 Å². The van der Waals surface area contributed by atoms with Crippen LogP contribution in [0.3, 0.4) is 0 Å². The van der Waals surface area contributed by atoms with E-state index in [0.717, 1.165) is 24.0 Å². The zero-order valence-corrected chi connectivity index (χ0v) is 13.3. The Bertz CT molecular complexity index is 621. The third kappa shape index (κ3) is 4.24. The lowest BCUT2D eigenvalue weighted by Gasteiger charge is -2.10. The predicted octanol–water partition coefficient (Wildman–Crippen LogP) is 3.33. The second-order valence-corrected chi connectivity index (χ2v) is 5.51. The van der Waals surface area contributed by atoms with Gasteiger partial charge in [-0.2, -0.15) is 0 Å². The fraction of sp³-hybridized carbons (Fsp3) is 0.471. The van der Waals surface area contributed by atoms with Crippen LogP contribution in [0.15, 0.2) is 30.5 Å². The van der Waals surface area contributed by atoms with Crippen molar-refractivity contribution in [2.75, 3.05) is 11.9 Å². The molecule has 2 rings (SSSR count). The number of carbonyl (C=O) groups excluding carboxylic acids is 1. The summed E-state index contributed by atoms with van der Waals surface area (Å²) in [5, 5.41) is 16.1. The van der Waals surface area contributed by atoms with E-state index in [1.807, 2.05) is 25.1 Å². The van der Waals surface area contributed by atoms with Crippen LogP contribution in [-0.2, 0) is 6.54 Å². The quantitative estimate of drug-likeness (QED) is 0.734. The van der Waals surface area contributed by atoms with Crippen LogP contribution >= 0.6 is 0 Å². The number of anilines is 1. The van der Waals surface area contributed by atoms with Crippen molar-refractivity contribution in [3.63, 3.8) is 0 Å². The highest BCUT2D eigenvalue weighted by Gasteiger charge is 2.06. The average Bonchev–Trinajstić information content (AvgIpc) is 2.90. The van der Waals surface area contributed by atoms with Gasteiger partial charge in [-0.15, -0.1) is 0 Å². The van der Waals surface area contributed by atoms with E-state index in [2.05, 4.69) is 34.4 Å². The van der Waals surface area contributed by atoms with E-state index < -0.39 is 0 Å². The van der Waals surface area contributed by atoms with E-state index in [-0.39, 0.29) is 12.1 Å². The van der Waals surface area contributed by atoms with Crippen molar-refractivity contribution in [1.29, 1.82) is 0 Å². The van der Waals surface area contributed by atoms with Gasteiger partial charge in [-0.25, -0.2) is 4.79 Å². The van der Waals surface area contributed by atoms with E-state index in [1.54, 1.807) is 0 Å². The summed E-state index contributed by atoms with van der Waals surface area (Å²) in [4.78, 5) is 11.8. The Morgan fingerprint density at radius 2 is 2.14 bits per heavy atom. The van der Waals surface area contributed by atoms with Gasteiger partial charge in [0.1, 0.15) is 0 Å². The van der Waals surface area contributed by atoms with Crippen molar-refractivity contribution < 1.29 is 9.90 Å². The van der Waals surface area contributed by atoms with Crippen LogP contribution in [0.5, 0.6) is 0 Å². The van der Waals surface area contributed by atoms with E-state index in [0.29, 0.717) is 19.4 Å². The van der Waals surface area contributed by atoms with Crippen molar-refractivity contribution in [2.24, 2.45) is 0 Å². The fourth-order valence-electron chi connectivity index (χ4n) is 2.45. The molecule has 0 radical (unpaired) electrons. The number of carbonyl (C=O) groups is 1. The lowest BCUT2D eigenvalue weighted by Crippen LogP contribution is -2.31. The Labute approximate surface area is 131 Å². The molecule has 1 aromatic carbocycles. The van der Waals surface area contributed by atoms with Gasteiger partial charge in [-0.1, -0.05) is 13.8 Å². The van der Waals surface area contributed by atoms with Crippen molar-refractivity contribution >= 4 is 22.6 Å². The summed E-state index contributed by atoms with van der Waals surface area (Å²) >= 11 is 0.